The zero-order valence-electron chi connectivity index (χ0n) is 9.46. The normalized spacial score (nSPS) is 20.1. The molecule has 1 rings (SSSR count). The van der Waals surface area contributed by atoms with E-state index in [1.807, 2.05) is 6.08 Å². The van der Waals surface area contributed by atoms with Crippen LogP contribution in [0, 0.1) is 5.41 Å². The first-order valence-electron chi connectivity index (χ1n) is 5.00. The highest BCUT2D eigenvalue weighted by atomic mass is 35.5. The summed E-state index contributed by atoms with van der Waals surface area (Å²) >= 11 is 5.40. The molecule has 0 spiro atoms. The summed E-state index contributed by atoms with van der Waals surface area (Å²) in [5, 5.41) is -0.328. The molecule has 3 nitrogen and oxygen atoms in total. The summed E-state index contributed by atoms with van der Waals surface area (Å²) in [6.45, 7) is 7.44. The third kappa shape index (κ3) is 3.20. The summed E-state index contributed by atoms with van der Waals surface area (Å²) in [6, 6.07) is 0. The highest BCUT2D eigenvalue weighted by Crippen LogP contribution is 2.30. The molecule has 1 aliphatic rings. The minimum atomic E-state index is -3.24. The van der Waals surface area contributed by atoms with E-state index in [0.29, 0.717) is 13.1 Å². The second-order valence-corrected chi connectivity index (χ2v) is 7.36. The molecule has 0 bridgehead atoms. The van der Waals surface area contributed by atoms with Gasteiger partial charge >= 0.3 is 0 Å². The molecule has 0 aromatic carbocycles. The highest BCUT2D eigenvalue weighted by Gasteiger charge is 2.26. The number of rotatable bonds is 2. The van der Waals surface area contributed by atoms with Gasteiger partial charge in [0.05, 0.1) is 0 Å². The van der Waals surface area contributed by atoms with Gasteiger partial charge in [0.1, 0.15) is 5.21 Å². The first-order chi connectivity index (χ1) is 6.77. The summed E-state index contributed by atoms with van der Waals surface area (Å²) in [7, 11) is -3.24. The molecule has 0 aliphatic carbocycles. The molecule has 0 aromatic heterocycles. The molecule has 88 valence electrons. The van der Waals surface area contributed by atoms with Crippen LogP contribution in [0.5, 0.6) is 0 Å². The number of halogens is 1. The number of hydrogen-bond acceptors (Lipinski definition) is 2. The molecule has 0 unspecified atom stereocenters. The van der Waals surface area contributed by atoms with E-state index in [2.05, 4.69) is 20.8 Å². The molecule has 0 saturated carbocycles. The lowest BCUT2D eigenvalue weighted by atomic mass is 9.83. The Morgan fingerprint density at radius 3 is 2.40 bits per heavy atom. The standard InChI is InChI=1S/C10H18ClNO2S/c1-10(2,3)9-4-6-12(7-5-9)15(13,14)8-11/h4H,5-8H2,1-3H3. The Morgan fingerprint density at radius 2 is 2.07 bits per heavy atom. The lowest BCUT2D eigenvalue weighted by Gasteiger charge is -2.31. The average Bonchev–Trinajstić information content (AvgIpc) is 2.17. The van der Waals surface area contributed by atoms with Crippen molar-refractivity contribution in [2.75, 3.05) is 18.3 Å². The van der Waals surface area contributed by atoms with Gasteiger partial charge in [-0.3, -0.25) is 0 Å². The van der Waals surface area contributed by atoms with Crippen LogP contribution in [0.15, 0.2) is 11.6 Å². The zero-order valence-corrected chi connectivity index (χ0v) is 11.0. The molecular formula is C10H18ClNO2S. The monoisotopic (exact) mass is 251 g/mol. The van der Waals surface area contributed by atoms with Crippen LogP contribution in [0.25, 0.3) is 0 Å². The number of nitrogens with zero attached hydrogens (tertiary/aromatic N) is 1. The van der Waals surface area contributed by atoms with Gasteiger partial charge in [-0.1, -0.05) is 32.4 Å². The van der Waals surface area contributed by atoms with Gasteiger partial charge in [-0.05, 0) is 11.8 Å². The van der Waals surface area contributed by atoms with Crippen LogP contribution in [0.4, 0.5) is 0 Å². The third-order valence-electron chi connectivity index (χ3n) is 2.67. The predicted octanol–water partition coefficient (Wildman–Crippen LogP) is 2.19. The minimum Gasteiger partial charge on any atom is -0.211 e. The Hall–Kier alpha value is -0.0600. The molecule has 0 radical (unpaired) electrons. The summed E-state index contributed by atoms with van der Waals surface area (Å²) in [5.41, 5.74) is 1.46. The maximum atomic E-state index is 11.5. The van der Waals surface area contributed by atoms with Crippen molar-refractivity contribution in [3.8, 4) is 0 Å². The molecule has 0 atom stereocenters. The minimum absolute atomic E-state index is 0.136. The van der Waals surface area contributed by atoms with Gasteiger partial charge in [0.2, 0.25) is 10.0 Å². The Kier molecular flexibility index (Phi) is 3.85. The van der Waals surface area contributed by atoms with Crippen molar-refractivity contribution in [1.29, 1.82) is 0 Å². The maximum absolute atomic E-state index is 11.5. The fraction of sp³-hybridized carbons (Fsp3) is 0.800. The van der Waals surface area contributed by atoms with E-state index in [-0.39, 0.29) is 10.6 Å². The van der Waals surface area contributed by atoms with Crippen molar-refractivity contribution < 1.29 is 8.42 Å². The van der Waals surface area contributed by atoms with E-state index >= 15 is 0 Å². The SMILES string of the molecule is CC(C)(C)C1=CCN(S(=O)(=O)CCl)CC1. The van der Waals surface area contributed by atoms with Gasteiger partial charge in [-0.2, -0.15) is 4.31 Å². The lowest BCUT2D eigenvalue weighted by molar-refractivity contribution is 0.391. The van der Waals surface area contributed by atoms with Crippen molar-refractivity contribution in [2.24, 2.45) is 5.41 Å². The van der Waals surface area contributed by atoms with Crippen LogP contribution >= 0.6 is 11.6 Å². The quantitative estimate of drug-likeness (QED) is 0.557. The fourth-order valence-electron chi connectivity index (χ4n) is 1.65. The first-order valence-corrected chi connectivity index (χ1v) is 7.15. The number of sulfonamides is 1. The Morgan fingerprint density at radius 1 is 1.47 bits per heavy atom. The van der Waals surface area contributed by atoms with Crippen molar-refractivity contribution >= 4 is 21.6 Å². The molecule has 1 aliphatic heterocycles. The number of alkyl halides is 1. The van der Waals surface area contributed by atoms with Gasteiger partial charge in [-0.15, -0.1) is 11.6 Å². The van der Waals surface area contributed by atoms with E-state index in [1.165, 1.54) is 9.88 Å². The molecule has 5 heteroatoms. The topological polar surface area (TPSA) is 37.4 Å². The van der Waals surface area contributed by atoms with Gasteiger partial charge < -0.3 is 0 Å². The molecule has 0 amide bonds. The van der Waals surface area contributed by atoms with Gasteiger partial charge in [0.25, 0.3) is 0 Å². The summed E-state index contributed by atoms with van der Waals surface area (Å²) in [4.78, 5) is 0. The Balaban J connectivity index is 2.75. The lowest BCUT2D eigenvalue weighted by Crippen LogP contribution is -2.36. The van der Waals surface area contributed by atoms with E-state index < -0.39 is 10.0 Å². The van der Waals surface area contributed by atoms with E-state index in [1.54, 1.807) is 0 Å². The van der Waals surface area contributed by atoms with Crippen LogP contribution in [0.1, 0.15) is 27.2 Å². The van der Waals surface area contributed by atoms with Crippen LogP contribution in [-0.2, 0) is 10.0 Å². The predicted molar refractivity (Wildman–Crippen MR) is 63.4 cm³/mol. The summed E-state index contributed by atoms with van der Waals surface area (Å²) in [5.74, 6) is 0. The average molecular weight is 252 g/mol. The van der Waals surface area contributed by atoms with Crippen LogP contribution in [0.3, 0.4) is 0 Å². The molecule has 0 saturated heterocycles. The number of hydrogen-bond donors (Lipinski definition) is 0. The van der Waals surface area contributed by atoms with Crippen molar-refractivity contribution in [3.63, 3.8) is 0 Å². The van der Waals surface area contributed by atoms with Gasteiger partial charge in [0, 0.05) is 13.1 Å². The molecular weight excluding hydrogens is 234 g/mol. The molecule has 0 fully saturated rings. The molecule has 15 heavy (non-hydrogen) atoms. The first kappa shape index (κ1) is 13.0. The second-order valence-electron chi connectivity index (χ2n) is 4.81. The molecule has 0 N–H and O–H groups in total. The van der Waals surface area contributed by atoms with Crippen LogP contribution in [-0.4, -0.2) is 31.0 Å². The Bertz CT molecular complexity index is 354. The molecule has 1 heterocycles. The smallest absolute Gasteiger partial charge is 0.211 e. The van der Waals surface area contributed by atoms with E-state index in [4.69, 9.17) is 11.6 Å². The second kappa shape index (κ2) is 4.44. The van der Waals surface area contributed by atoms with E-state index in [0.717, 1.165) is 6.42 Å². The third-order valence-corrected chi connectivity index (χ3v) is 4.89. The fourth-order valence-corrected chi connectivity index (χ4v) is 2.88. The zero-order chi connectivity index (χ0) is 11.7. The Labute approximate surface area is 97.2 Å². The maximum Gasteiger partial charge on any atom is 0.228 e. The molecule has 0 aromatic rings. The van der Waals surface area contributed by atoms with Crippen molar-refractivity contribution in [1.82, 2.24) is 4.31 Å². The van der Waals surface area contributed by atoms with Crippen LogP contribution in [0.2, 0.25) is 0 Å². The van der Waals surface area contributed by atoms with Crippen LogP contribution < -0.4 is 0 Å². The van der Waals surface area contributed by atoms with Crippen molar-refractivity contribution in [3.05, 3.63) is 11.6 Å². The van der Waals surface area contributed by atoms with Gasteiger partial charge in [-0.25, -0.2) is 8.42 Å². The van der Waals surface area contributed by atoms with Gasteiger partial charge in [0.15, 0.2) is 0 Å². The highest BCUT2D eigenvalue weighted by molar-refractivity contribution is 7.90. The van der Waals surface area contributed by atoms with E-state index in [9.17, 15) is 8.42 Å². The van der Waals surface area contributed by atoms with Crippen molar-refractivity contribution in [2.45, 2.75) is 27.2 Å². The summed E-state index contributed by atoms with van der Waals surface area (Å²) < 4.78 is 24.4. The largest absolute Gasteiger partial charge is 0.228 e. The summed E-state index contributed by atoms with van der Waals surface area (Å²) in [6.07, 6.45) is 2.81.